The molecule has 28 heavy (non-hydrogen) atoms. The number of aryl methyl sites for hydroxylation is 4. The van der Waals surface area contributed by atoms with Crippen LogP contribution >= 0.6 is 0 Å². The lowest BCUT2D eigenvalue weighted by atomic mass is 10.1. The molecule has 140 valence electrons. The molecule has 0 saturated carbocycles. The number of benzene rings is 2. The first-order valence-corrected chi connectivity index (χ1v) is 9.25. The summed E-state index contributed by atoms with van der Waals surface area (Å²) in [5, 5.41) is 8.47. The summed E-state index contributed by atoms with van der Waals surface area (Å²) in [4.78, 5) is 17.8. The summed E-state index contributed by atoms with van der Waals surface area (Å²) in [5.41, 5.74) is 6.75. The number of carbonyl (C=O) groups excluding carboxylic acids is 1. The first-order valence-electron chi connectivity index (χ1n) is 9.25. The van der Waals surface area contributed by atoms with Gasteiger partial charge in [-0.25, -0.2) is 9.67 Å². The fourth-order valence-corrected chi connectivity index (χ4v) is 3.36. The Bertz CT molecular complexity index is 1190. The second-order valence-electron chi connectivity index (χ2n) is 7.11. The molecule has 0 spiro atoms. The normalized spacial score (nSPS) is 11.0. The number of para-hydroxylation sites is 1. The average molecular weight is 370 g/mol. The van der Waals surface area contributed by atoms with Crippen molar-refractivity contribution in [3.8, 4) is 5.69 Å². The van der Waals surface area contributed by atoms with Crippen LogP contribution in [-0.4, -0.2) is 20.7 Å². The smallest absolute Gasteiger partial charge is 0.256 e. The van der Waals surface area contributed by atoms with Crippen LogP contribution in [0.2, 0.25) is 0 Å². The summed E-state index contributed by atoms with van der Waals surface area (Å²) in [6.07, 6.45) is 0. The molecule has 4 rings (SSSR count). The van der Waals surface area contributed by atoms with Crippen LogP contribution in [0.25, 0.3) is 16.7 Å². The molecular weight excluding hydrogens is 348 g/mol. The third kappa shape index (κ3) is 3.16. The Morgan fingerprint density at radius 2 is 1.68 bits per heavy atom. The first kappa shape index (κ1) is 17.9. The van der Waals surface area contributed by atoms with Gasteiger partial charge in [-0.3, -0.25) is 4.79 Å². The summed E-state index contributed by atoms with van der Waals surface area (Å²) >= 11 is 0. The van der Waals surface area contributed by atoms with Crippen molar-refractivity contribution in [1.29, 1.82) is 0 Å². The summed E-state index contributed by atoms with van der Waals surface area (Å²) in [6, 6.07) is 17.7. The number of pyridine rings is 1. The van der Waals surface area contributed by atoms with Crippen molar-refractivity contribution < 1.29 is 4.79 Å². The van der Waals surface area contributed by atoms with Gasteiger partial charge in [0, 0.05) is 11.4 Å². The highest BCUT2D eigenvalue weighted by atomic mass is 16.1. The molecule has 0 fully saturated rings. The minimum atomic E-state index is -0.156. The first-order chi connectivity index (χ1) is 13.4. The Morgan fingerprint density at radius 1 is 0.964 bits per heavy atom. The molecule has 0 atom stereocenters. The van der Waals surface area contributed by atoms with Crippen molar-refractivity contribution in [2.24, 2.45) is 0 Å². The molecule has 2 aromatic carbocycles. The summed E-state index contributed by atoms with van der Waals surface area (Å²) in [6.45, 7) is 7.83. The van der Waals surface area contributed by atoms with Gasteiger partial charge in [-0.05, 0) is 57.5 Å². The van der Waals surface area contributed by atoms with Gasteiger partial charge in [0.1, 0.15) is 0 Å². The van der Waals surface area contributed by atoms with Crippen LogP contribution in [0.3, 0.4) is 0 Å². The quantitative estimate of drug-likeness (QED) is 0.558. The largest absolute Gasteiger partial charge is 0.322 e. The predicted molar refractivity (Wildman–Crippen MR) is 112 cm³/mol. The lowest BCUT2D eigenvalue weighted by Gasteiger charge is -2.10. The zero-order valence-electron chi connectivity index (χ0n) is 16.4. The van der Waals surface area contributed by atoms with Gasteiger partial charge in [-0.15, -0.1) is 0 Å². The van der Waals surface area contributed by atoms with E-state index in [0.29, 0.717) is 11.2 Å². The number of carbonyl (C=O) groups is 1. The molecule has 1 N–H and O–H groups in total. The monoisotopic (exact) mass is 370 g/mol. The summed E-state index contributed by atoms with van der Waals surface area (Å²) in [5.74, 6) is -0.156. The fourth-order valence-electron chi connectivity index (χ4n) is 3.36. The van der Waals surface area contributed by atoms with Crippen molar-refractivity contribution >= 4 is 22.6 Å². The van der Waals surface area contributed by atoms with Crippen molar-refractivity contribution in [2.75, 3.05) is 5.32 Å². The van der Waals surface area contributed by atoms with Crippen LogP contribution in [0, 0.1) is 27.7 Å². The van der Waals surface area contributed by atoms with E-state index in [1.807, 2.05) is 87.0 Å². The molecule has 0 aliphatic rings. The third-order valence-corrected chi connectivity index (χ3v) is 4.86. The number of amides is 1. The zero-order chi connectivity index (χ0) is 19.8. The van der Waals surface area contributed by atoms with E-state index in [1.54, 1.807) is 0 Å². The molecule has 0 bridgehead atoms. The lowest BCUT2D eigenvalue weighted by molar-refractivity contribution is 0.102. The number of fused-ring (bicyclic) bond motifs is 1. The van der Waals surface area contributed by atoms with Crippen LogP contribution in [0.15, 0.2) is 54.6 Å². The Morgan fingerprint density at radius 3 is 2.39 bits per heavy atom. The molecule has 0 aliphatic carbocycles. The third-order valence-electron chi connectivity index (χ3n) is 4.86. The van der Waals surface area contributed by atoms with Crippen LogP contribution in [-0.2, 0) is 0 Å². The highest BCUT2D eigenvalue weighted by Gasteiger charge is 2.20. The average Bonchev–Trinajstić information content (AvgIpc) is 3.00. The van der Waals surface area contributed by atoms with E-state index in [9.17, 15) is 4.79 Å². The van der Waals surface area contributed by atoms with E-state index in [-0.39, 0.29) is 5.91 Å². The van der Waals surface area contributed by atoms with Crippen LogP contribution in [0.1, 0.15) is 32.9 Å². The second-order valence-corrected chi connectivity index (χ2v) is 7.11. The van der Waals surface area contributed by atoms with E-state index in [4.69, 9.17) is 0 Å². The number of nitrogens with zero attached hydrogens (tertiary/aromatic N) is 3. The van der Waals surface area contributed by atoms with Gasteiger partial charge in [0.2, 0.25) is 0 Å². The molecular formula is C23H22N4O. The van der Waals surface area contributed by atoms with E-state index in [2.05, 4.69) is 15.4 Å². The number of anilines is 1. The zero-order valence-corrected chi connectivity index (χ0v) is 16.4. The van der Waals surface area contributed by atoms with Gasteiger partial charge in [0.05, 0.1) is 22.3 Å². The standard InChI is InChI=1S/C23H22N4O/c1-14-9-11-18(12-10-14)27-22-21(17(4)26-27)19(13-16(3)24-22)23(28)25-20-8-6-5-7-15(20)2/h5-13H,1-4H3,(H,25,28). The minimum Gasteiger partial charge on any atom is -0.322 e. The Hall–Kier alpha value is -3.47. The van der Waals surface area contributed by atoms with Crippen LogP contribution in [0.5, 0.6) is 0 Å². The van der Waals surface area contributed by atoms with E-state index < -0.39 is 0 Å². The Kier molecular flexibility index (Phi) is 4.43. The summed E-state index contributed by atoms with van der Waals surface area (Å²) < 4.78 is 1.81. The maximum atomic E-state index is 13.1. The van der Waals surface area contributed by atoms with Gasteiger partial charge in [-0.2, -0.15) is 5.10 Å². The van der Waals surface area contributed by atoms with Gasteiger partial charge >= 0.3 is 0 Å². The number of hydrogen-bond donors (Lipinski definition) is 1. The molecule has 0 saturated heterocycles. The van der Waals surface area contributed by atoms with Gasteiger partial charge in [-0.1, -0.05) is 35.9 Å². The predicted octanol–water partition coefficient (Wildman–Crippen LogP) is 4.91. The minimum absolute atomic E-state index is 0.156. The van der Waals surface area contributed by atoms with Crippen LogP contribution < -0.4 is 5.32 Å². The number of hydrogen-bond acceptors (Lipinski definition) is 3. The van der Waals surface area contributed by atoms with Crippen molar-refractivity contribution in [3.05, 3.63) is 82.7 Å². The van der Waals surface area contributed by atoms with E-state index >= 15 is 0 Å². The molecule has 0 radical (unpaired) electrons. The fraction of sp³-hybridized carbons (Fsp3) is 0.174. The van der Waals surface area contributed by atoms with Gasteiger partial charge in [0.25, 0.3) is 5.91 Å². The second kappa shape index (κ2) is 6.93. The van der Waals surface area contributed by atoms with Gasteiger partial charge in [0.15, 0.2) is 5.65 Å². The maximum absolute atomic E-state index is 13.1. The maximum Gasteiger partial charge on any atom is 0.256 e. The number of aromatic nitrogens is 3. The lowest BCUT2D eigenvalue weighted by Crippen LogP contribution is -2.14. The molecule has 5 heteroatoms. The molecule has 0 aliphatic heterocycles. The van der Waals surface area contributed by atoms with Crippen molar-refractivity contribution in [2.45, 2.75) is 27.7 Å². The molecule has 0 unspecified atom stereocenters. The summed E-state index contributed by atoms with van der Waals surface area (Å²) in [7, 11) is 0. The van der Waals surface area contributed by atoms with Crippen molar-refractivity contribution in [3.63, 3.8) is 0 Å². The molecule has 4 aromatic rings. The highest BCUT2D eigenvalue weighted by Crippen LogP contribution is 2.26. The van der Waals surface area contributed by atoms with E-state index in [1.165, 1.54) is 5.56 Å². The Labute approximate surface area is 164 Å². The number of nitrogens with one attached hydrogen (secondary N) is 1. The highest BCUT2D eigenvalue weighted by molar-refractivity contribution is 6.13. The number of rotatable bonds is 3. The molecule has 1 amide bonds. The topological polar surface area (TPSA) is 59.8 Å². The van der Waals surface area contributed by atoms with Crippen molar-refractivity contribution in [1.82, 2.24) is 14.8 Å². The van der Waals surface area contributed by atoms with E-state index in [0.717, 1.165) is 33.7 Å². The molecule has 2 heterocycles. The molecule has 2 aromatic heterocycles. The van der Waals surface area contributed by atoms with Gasteiger partial charge < -0.3 is 5.32 Å². The van der Waals surface area contributed by atoms with Crippen LogP contribution in [0.4, 0.5) is 5.69 Å². The molecule has 5 nitrogen and oxygen atoms in total. The SMILES string of the molecule is Cc1ccc(-n2nc(C)c3c(C(=O)Nc4ccccc4C)cc(C)nc32)cc1. The Balaban J connectivity index is 1.85.